The summed E-state index contributed by atoms with van der Waals surface area (Å²) in [7, 11) is -3.70. The second kappa shape index (κ2) is 4.23. The van der Waals surface area contributed by atoms with Gasteiger partial charge in [0.25, 0.3) is 0 Å². The van der Waals surface area contributed by atoms with Crippen LogP contribution >= 0.6 is 0 Å². The van der Waals surface area contributed by atoms with Crippen molar-refractivity contribution in [2.75, 3.05) is 0 Å². The van der Waals surface area contributed by atoms with E-state index >= 15 is 0 Å². The van der Waals surface area contributed by atoms with Crippen molar-refractivity contribution >= 4 is 10.0 Å². The molecule has 0 spiro atoms. The fraction of sp³-hybridized carbons (Fsp3) is 0.0909. The van der Waals surface area contributed by atoms with Gasteiger partial charge in [0.1, 0.15) is 6.33 Å². The third-order valence-corrected chi connectivity index (χ3v) is 3.52. The van der Waals surface area contributed by atoms with Gasteiger partial charge in [-0.3, -0.25) is 0 Å². The Bertz CT molecular complexity index is 639. The molecule has 0 saturated heterocycles. The van der Waals surface area contributed by atoms with Crippen LogP contribution in [0, 0.1) is 6.92 Å². The number of nitrogens with zero attached hydrogens (tertiary/aromatic N) is 2. The molecule has 0 aliphatic rings. The van der Waals surface area contributed by atoms with Gasteiger partial charge >= 0.3 is 0 Å². The zero-order chi connectivity index (χ0) is 12.5. The van der Waals surface area contributed by atoms with Crippen molar-refractivity contribution in [3.63, 3.8) is 0 Å². The van der Waals surface area contributed by atoms with Gasteiger partial charge in [0.2, 0.25) is 10.0 Å². The van der Waals surface area contributed by atoms with Gasteiger partial charge in [-0.25, -0.2) is 23.5 Å². The maximum Gasteiger partial charge on any atom is 0.238 e. The van der Waals surface area contributed by atoms with Crippen molar-refractivity contribution in [2.45, 2.75) is 11.8 Å². The van der Waals surface area contributed by atoms with Crippen molar-refractivity contribution in [1.29, 1.82) is 0 Å². The Morgan fingerprint density at radius 3 is 2.41 bits per heavy atom. The summed E-state index contributed by atoms with van der Waals surface area (Å²) >= 11 is 0. The highest BCUT2D eigenvalue weighted by Crippen LogP contribution is 2.26. The molecule has 5 nitrogen and oxygen atoms in total. The van der Waals surface area contributed by atoms with Crippen LogP contribution in [0.5, 0.6) is 0 Å². The van der Waals surface area contributed by atoms with E-state index in [0.29, 0.717) is 5.56 Å². The summed E-state index contributed by atoms with van der Waals surface area (Å²) in [5.41, 5.74) is 2.12. The minimum Gasteiger partial charge on any atom is -0.244 e. The summed E-state index contributed by atoms with van der Waals surface area (Å²) in [6.07, 6.45) is 4.67. The monoisotopic (exact) mass is 249 g/mol. The second-order valence-electron chi connectivity index (χ2n) is 3.60. The zero-order valence-electron chi connectivity index (χ0n) is 9.16. The second-order valence-corrected chi connectivity index (χ2v) is 5.13. The van der Waals surface area contributed by atoms with E-state index < -0.39 is 10.0 Å². The lowest BCUT2D eigenvalue weighted by Crippen LogP contribution is -2.13. The molecule has 2 N–H and O–H groups in total. The summed E-state index contributed by atoms with van der Waals surface area (Å²) in [6.45, 7) is 1.71. The lowest BCUT2D eigenvalue weighted by atomic mass is 10.0. The van der Waals surface area contributed by atoms with Crippen LogP contribution in [0.2, 0.25) is 0 Å². The molecule has 0 atom stereocenters. The molecule has 17 heavy (non-hydrogen) atoms. The number of aromatic nitrogens is 2. The largest absolute Gasteiger partial charge is 0.244 e. The summed E-state index contributed by atoms with van der Waals surface area (Å²) < 4.78 is 22.8. The molecule has 88 valence electrons. The first-order valence-electron chi connectivity index (χ1n) is 4.88. The van der Waals surface area contributed by atoms with Crippen LogP contribution < -0.4 is 5.14 Å². The van der Waals surface area contributed by atoms with E-state index in [0.717, 1.165) is 11.1 Å². The molecule has 0 amide bonds. The number of nitrogens with two attached hydrogens (primary N) is 1. The van der Waals surface area contributed by atoms with Crippen molar-refractivity contribution in [2.24, 2.45) is 5.14 Å². The van der Waals surface area contributed by atoms with Crippen LogP contribution in [0.15, 0.2) is 41.8 Å². The lowest BCUT2D eigenvalue weighted by molar-refractivity contribution is 0.597. The van der Waals surface area contributed by atoms with Crippen LogP contribution in [0.4, 0.5) is 0 Å². The van der Waals surface area contributed by atoms with Gasteiger partial charge < -0.3 is 0 Å². The molecule has 0 aliphatic heterocycles. The van der Waals surface area contributed by atoms with E-state index in [-0.39, 0.29) is 4.90 Å². The smallest absolute Gasteiger partial charge is 0.238 e. The number of primary sulfonamides is 1. The first-order valence-corrected chi connectivity index (χ1v) is 6.42. The quantitative estimate of drug-likeness (QED) is 0.863. The van der Waals surface area contributed by atoms with E-state index in [1.165, 1.54) is 12.4 Å². The van der Waals surface area contributed by atoms with Crippen molar-refractivity contribution in [3.05, 3.63) is 42.5 Å². The Kier molecular flexibility index (Phi) is 2.91. The molecule has 0 radical (unpaired) electrons. The Morgan fingerprint density at radius 2 is 1.82 bits per heavy atom. The lowest BCUT2D eigenvalue weighted by Gasteiger charge is -2.09. The fourth-order valence-corrected chi connectivity index (χ4v) is 2.48. The van der Waals surface area contributed by atoms with E-state index in [4.69, 9.17) is 5.14 Å². The predicted octanol–water partition coefficient (Wildman–Crippen LogP) is 1.10. The van der Waals surface area contributed by atoms with Gasteiger partial charge in [0.05, 0.1) is 4.90 Å². The Balaban J connectivity index is 2.67. The Morgan fingerprint density at radius 1 is 1.18 bits per heavy atom. The molecule has 0 saturated carbocycles. The molecule has 1 aromatic carbocycles. The SMILES string of the molecule is Cc1c(-c2cncnc2)cccc1S(N)(=O)=O. The molecule has 0 fully saturated rings. The van der Waals surface area contributed by atoms with E-state index in [9.17, 15) is 8.42 Å². The standard InChI is InChI=1S/C11H11N3O2S/c1-8-10(9-5-13-7-14-6-9)3-2-4-11(8)17(12,15)16/h2-7H,1H3,(H2,12,15,16). The highest BCUT2D eigenvalue weighted by Gasteiger charge is 2.14. The molecule has 1 aromatic heterocycles. The van der Waals surface area contributed by atoms with Gasteiger partial charge in [-0.1, -0.05) is 12.1 Å². The molecular formula is C11H11N3O2S. The third kappa shape index (κ3) is 2.32. The molecule has 2 rings (SSSR count). The average molecular weight is 249 g/mol. The van der Waals surface area contributed by atoms with Crippen molar-refractivity contribution < 1.29 is 8.42 Å². The van der Waals surface area contributed by atoms with E-state index in [1.54, 1.807) is 25.4 Å². The first-order chi connectivity index (χ1) is 8.00. The van der Waals surface area contributed by atoms with E-state index in [1.807, 2.05) is 6.07 Å². The molecule has 0 unspecified atom stereocenters. The molecule has 0 aliphatic carbocycles. The van der Waals surface area contributed by atoms with Crippen LogP contribution in [0.1, 0.15) is 5.56 Å². The van der Waals surface area contributed by atoms with Crippen LogP contribution in [-0.4, -0.2) is 18.4 Å². The average Bonchev–Trinajstić information content (AvgIpc) is 2.29. The Labute approximate surface area is 99.4 Å². The number of benzene rings is 1. The summed E-state index contributed by atoms with van der Waals surface area (Å²) in [4.78, 5) is 7.93. The highest BCUT2D eigenvalue weighted by molar-refractivity contribution is 7.89. The van der Waals surface area contributed by atoms with E-state index in [2.05, 4.69) is 9.97 Å². The summed E-state index contributed by atoms with van der Waals surface area (Å²) in [5, 5.41) is 5.15. The summed E-state index contributed by atoms with van der Waals surface area (Å²) in [5.74, 6) is 0. The molecule has 0 bridgehead atoms. The molecular weight excluding hydrogens is 238 g/mol. The van der Waals surface area contributed by atoms with Gasteiger partial charge in [-0.05, 0) is 24.1 Å². The van der Waals surface area contributed by atoms with Gasteiger partial charge in [-0.2, -0.15) is 0 Å². The van der Waals surface area contributed by atoms with Crippen LogP contribution in [-0.2, 0) is 10.0 Å². The normalized spacial score (nSPS) is 11.4. The first kappa shape index (κ1) is 11.7. The topological polar surface area (TPSA) is 85.9 Å². The van der Waals surface area contributed by atoms with Crippen LogP contribution in [0.3, 0.4) is 0 Å². The predicted molar refractivity (Wildman–Crippen MR) is 63.6 cm³/mol. The maximum absolute atomic E-state index is 11.4. The minimum absolute atomic E-state index is 0.124. The van der Waals surface area contributed by atoms with Crippen molar-refractivity contribution in [1.82, 2.24) is 9.97 Å². The Hall–Kier alpha value is -1.79. The molecule has 2 aromatic rings. The zero-order valence-corrected chi connectivity index (χ0v) is 9.98. The fourth-order valence-electron chi connectivity index (χ4n) is 1.67. The van der Waals surface area contributed by atoms with Gasteiger partial charge in [0.15, 0.2) is 0 Å². The van der Waals surface area contributed by atoms with Gasteiger partial charge in [0, 0.05) is 18.0 Å². The number of hydrogen-bond donors (Lipinski definition) is 1. The van der Waals surface area contributed by atoms with Crippen LogP contribution in [0.25, 0.3) is 11.1 Å². The minimum atomic E-state index is -3.70. The molecule has 1 heterocycles. The molecule has 6 heteroatoms. The van der Waals surface area contributed by atoms with Crippen molar-refractivity contribution in [3.8, 4) is 11.1 Å². The maximum atomic E-state index is 11.4. The third-order valence-electron chi connectivity index (χ3n) is 2.46. The van der Waals surface area contributed by atoms with Gasteiger partial charge in [-0.15, -0.1) is 0 Å². The number of rotatable bonds is 2. The number of sulfonamides is 1. The highest BCUT2D eigenvalue weighted by atomic mass is 32.2. The summed E-state index contributed by atoms with van der Waals surface area (Å²) in [6, 6.07) is 4.94. The number of hydrogen-bond acceptors (Lipinski definition) is 4.